The zero-order valence-electron chi connectivity index (χ0n) is 12.1. The van der Waals surface area contributed by atoms with Crippen molar-refractivity contribution in [1.82, 2.24) is 14.5 Å². The Labute approximate surface area is 133 Å². The van der Waals surface area contributed by atoms with Crippen LogP contribution in [0.25, 0.3) is 11.2 Å². The average Bonchev–Trinajstić information content (AvgIpc) is 3.18. The Kier molecular flexibility index (Phi) is 3.50. The van der Waals surface area contributed by atoms with Crippen LogP contribution in [0.2, 0.25) is 0 Å². The number of thioether (sulfide) groups is 1. The van der Waals surface area contributed by atoms with Crippen molar-refractivity contribution in [1.29, 1.82) is 0 Å². The lowest BCUT2D eigenvalue weighted by molar-refractivity contribution is 0.475. The Morgan fingerprint density at radius 1 is 1.23 bits per heavy atom. The lowest BCUT2D eigenvalue weighted by Crippen LogP contribution is -2.07. The number of hydrogen-bond acceptors (Lipinski definition) is 4. The van der Waals surface area contributed by atoms with Gasteiger partial charge < -0.3 is 9.67 Å². The Balaban J connectivity index is 1.79. The zero-order valence-corrected chi connectivity index (χ0v) is 13.0. The molecule has 1 N–H and O–H groups in total. The summed E-state index contributed by atoms with van der Waals surface area (Å²) in [6.45, 7) is 0.736. The van der Waals surface area contributed by atoms with Crippen LogP contribution in [0, 0.1) is 0 Å². The molecule has 22 heavy (non-hydrogen) atoms. The van der Waals surface area contributed by atoms with Gasteiger partial charge in [-0.15, -0.1) is 0 Å². The lowest BCUT2D eigenvalue weighted by Gasteiger charge is -2.13. The minimum atomic E-state index is 0.295. The number of rotatable bonds is 3. The molecule has 1 aliphatic rings. The first kappa shape index (κ1) is 13.6. The Bertz CT molecular complexity index is 791. The lowest BCUT2D eigenvalue weighted by atomic mass is 10.2. The van der Waals surface area contributed by atoms with Crippen molar-refractivity contribution >= 4 is 22.9 Å². The van der Waals surface area contributed by atoms with Gasteiger partial charge in [0.25, 0.3) is 0 Å². The Morgan fingerprint density at radius 2 is 2.09 bits per heavy atom. The van der Waals surface area contributed by atoms with Gasteiger partial charge in [-0.3, -0.25) is 0 Å². The smallest absolute Gasteiger partial charge is 0.160 e. The van der Waals surface area contributed by atoms with Crippen molar-refractivity contribution in [2.45, 2.75) is 24.6 Å². The van der Waals surface area contributed by atoms with Gasteiger partial charge in [-0.2, -0.15) is 11.8 Å². The maximum absolute atomic E-state index is 9.45. The molecule has 0 spiro atoms. The van der Waals surface area contributed by atoms with E-state index in [4.69, 9.17) is 4.98 Å². The monoisotopic (exact) mass is 311 g/mol. The number of aromatic nitrogens is 3. The van der Waals surface area contributed by atoms with Gasteiger partial charge in [-0.1, -0.05) is 12.1 Å². The summed E-state index contributed by atoms with van der Waals surface area (Å²) in [4.78, 5) is 9.37. The molecule has 0 saturated carbocycles. The first-order chi connectivity index (χ1) is 10.8. The first-order valence-corrected chi connectivity index (χ1v) is 8.57. The van der Waals surface area contributed by atoms with Crippen LogP contribution >= 0.6 is 11.8 Å². The highest BCUT2D eigenvalue weighted by molar-refractivity contribution is 7.99. The van der Waals surface area contributed by atoms with Crippen LogP contribution in [-0.2, 0) is 6.54 Å². The molecule has 5 heteroatoms. The predicted octanol–water partition coefficient (Wildman–Crippen LogP) is 3.75. The van der Waals surface area contributed by atoms with E-state index in [0.717, 1.165) is 29.1 Å². The fourth-order valence-electron chi connectivity index (χ4n) is 2.94. The molecule has 1 saturated heterocycles. The molecule has 4 nitrogen and oxygen atoms in total. The molecule has 1 fully saturated rings. The van der Waals surface area contributed by atoms with Gasteiger partial charge in [0.15, 0.2) is 5.65 Å². The summed E-state index contributed by atoms with van der Waals surface area (Å²) in [5, 5.41) is 9.91. The summed E-state index contributed by atoms with van der Waals surface area (Å²) >= 11 is 1.99. The molecule has 112 valence electrons. The number of aromatic hydroxyl groups is 1. The quantitative estimate of drug-likeness (QED) is 0.800. The molecule has 2 aromatic heterocycles. The van der Waals surface area contributed by atoms with Crippen molar-refractivity contribution in [3.8, 4) is 5.75 Å². The fraction of sp³-hybridized carbons (Fsp3) is 0.294. The Morgan fingerprint density at radius 3 is 2.86 bits per heavy atom. The molecule has 1 unspecified atom stereocenters. The van der Waals surface area contributed by atoms with Crippen LogP contribution in [0.15, 0.2) is 42.6 Å². The highest BCUT2D eigenvalue weighted by Gasteiger charge is 2.24. The molecule has 1 atom stereocenters. The largest absolute Gasteiger partial charge is 0.508 e. The standard InChI is InChI=1S/C17H17N3OS/c21-13-7-5-12(6-8-13)11-20-16-14(3-1-9-18-16)19-17(20)15-4-2-10-22-15/h1,3,5-9,15,21H,2,4,10-11H2. The summed E-state index contributed by atoms with van der Waals surface area (Å²) in [6, 6.07) is 11.3. The molecule has 1 aromatic carbocycles. The number of fused-ring (bicyclic) bond motifs is 1. The van der Waals surface area contributed by atoms with E-state index in [1.807, 2.05) is 42.2 Å². The maximum atomic E-state index is 9.45. The average molecular weight is 311 g/mol. The highest BCUT2D eigenvalue weighted by Crippen LogP contribution is 2.40. The maximum Gasteiger partial charge on any atom is 0.160 e. The summed E-state index contributed by atoms with van der Waals surface area (Å²) in [6.07, 6.45) is 4.26. The highest BCUT2D eigenvalue weighted by atomic mass is 32.2. The number of hydrogen-bond donors (Lipinski definition) is 1. The van der Waals surface area contributed by atoms with Gasteiger partial charge in [0.05, 0.1) is 11.8 Å². The van der Waals surface area contributed by atoms with Crippen molar-refractivity contribution < 1.29 is 5.11 Å². The Hall–Kier alpha value is -2.01. The van der Waals surface area contributed by atoms with Crippen LogP contribution in [0.4, 0.5) is 0 Å². The SMILES string of the molecule is Oc1ccc(Cn2c(C3CCCS3)nc3cccnc32)cc1. The zero-order chi connectivity index (χ0) is 14.9. The van der Waals surface area contributed by atoms with Crippen molar-refractivity contribution in [3.63, 3.8) is 0 Å². The predicted molar refractivity (Wildman–Crippen MR) is 89.2 cm³/mol. The van der Waals surface area contributed by atoms with Gasteiger partial charge in [0.1, 0.15) is 17.1 Å². The second-order valence-corrected chi connectivity index (χ2v) is 6.88. The van der Waals surface area contributed by atoms with Crippen molar-refractivity contribution in [3.05, 3.63) is 54.0 Å². The number of benzene rings is 1. The van der Waals surface area contributed by atoms with Crippen LogP contribution in [0.3, 0.4) is 0 Å². The summed E-state index contributed by atoms with van der Waals surface area (Å²) in [7, 11) is 0. The number of phenolic OH excluding ortho intramolecular Hbond substituents is 1. The molecular weight excluding hydrogens is 294 g/mol. The van der Waals surface area contributed by atoms with Crippen LogP contribution < -0.4 is 0 Å². The molecule has 3 heterocycles. The van der Waals surface area contributed by atoms with Crippen LogP contribution in [0.5, 0.6) is 5.75 Å². The molecule has 1 aliphatic heterocycles. The summed E-state index contributed by atoms with van der Waals surface area (Å²) in [5.74, 6) is 2.63. The van der Waals surface area contributed by atoms with Gasteiger partial charge in [-0.05, 0) is 48.4 Å². The second-order valence-electron chi connectivity index (χ2n) is 5.57. The van der Waals surface area contributed by atoms with Crippen molar-refractivity contribution in [2.24, 2.45) is 0 Å². The molecule has 0 amide bonds. The topological polar surface area (TPSA) is 50.9 Å². The first-order valence-electron chi connectivity index (χ1n) is 7.52. The van der Waals surface area contributed by atoms with Crippen molar-refractivity contribution in [2.75, 3.05) is 5.75 Å². The van der Waals surface area contributed by atoms with Gasteiger partial charge in [0.2, 0.25) is 0 Å². The third-order valence-corrected chi connectivity index (χ3v) is 5.40. The minimum Gasteiger partial charge on any atom is -0.508 e. The van der Waals surface area contributed by atoms with E-state index in [2.05, 4.69) is 9.55 Å². The van der Waals surface area contributed by atoms with E-state index >= 15 is 0 Å². The van der Waals surface area contributed by atoms with E-state index in [1.165, 1.54) is 18.6 Å². The van der Waals surface area contributed by atoms with E-state index in [1.54, 1.807) is 12.1 Å². The minimum absolute atomic E-state index is 0.295. The number of imidazole rings is 1. The molecule has 3 aromatic rings. The molecule has 0 bridgehead atoms. The molecule has 0 aliphatic carbocycles. The number of nitrogens with zero attached hydrogens (tertiary/aromatic N) is 3. The fourth-order valence-corrected chi connectivity index (χ4v) is 4.22. The van der Waals surface area contributed by atoms with E-state index in [0.29, 0.717) is 11.0 Å². The molecule has 0 radical (unpaired) electrons. The van der Waals surface area contributed by atoms with E-state index < -0.39 is 0 Å². The second kappa shape index (κ2) is 5.65. The van der Waals surface area contributed by atoms with Gasteiger partial charge in [0, 0.05) is 6.20 Å². The van der Waals surface area contributed by atoms with Crippen LogP contribution in [0.1, 0.15) is 29.5 Å². The normalized spacial score (nSPS) is 18.1. The van der Waals surface area contributed by atoms with Crippen LogP contribution in [-0.4, -0.2) is 25.4 Å². The number of pyridine rings is 1. The van der Waals surface area contributed by atoms with E-state index in [9.17, 15) is 5.11 Å². The molecule has 4 rings (SSSR count). The number of phenols is 1. The van der Waals surface area contributed by atoms with Gasteiger partial charge in [-0.25, -0.2) is 9.97 Å². The summed E-state index contributed by atoms with van der Waals surface area (Å²) in [5.41, 5.74) is 3.05. The van der Waals surface area contributed by atoms with E-state index in [-0.39, 0.29) is 0 Å². The molecular formula is C17H17N3OS. The third-order valence-electron chi connectivity index (χ3n) is 4.03. The van der Waals surface area contributed by atoms with Gasteiger partial charge >= 0.3 is 0 Å². The summed E-state index contributed by atoms with van der Waals surface area (Å²) < 4.78 is 2.23. The third kappa shape index (κ3) is 2.46.